The third kappa shape index (κ3) is 3.96. The first-order valence-corrected chi connectivity index (χ1v) is 9.37. The summed E-state index contributed by atoms with van der Waals surface area (Å²) in [6.07, 6.45) is 0.678. The largest absolute Gasteiger partial charge is 0.497 e. The van der Waals surface area contributed by atoms with Gasteiger partial charge in [-0.2, -0.15) is 0 Å². The lowest BCUT2D eigenvalue weighted by Gasteiger charge is -2.20. The number of ether oxygens (including phenoxy) is 2. The van der Waals surface area contributed by atoms with Gasteiger partial charge in [0.1, 0.15) is 17.5 Å². The van der Waals surface area contributed by atoms with E-state index in [1.165, 1.54) is 6.92 Å². The number of hydrogen-bond donors (Lipinski definition) is 1. The molecule has 0 bridgehead atoms. The maximum atomic E-state index is 13.0. The molecule has 2 aromatic rings. The monoisotopic (exact) mass is 382 g/mol. The quantitative estimate of drug-likeness (QED) is 0.746. The highest BCUT2D eigenvalue weighted by atomic mass is 16.5. The molecule has 0 radical (unpaired) electrons. The van der Waals surface area contributed by atoms with Crippen molar-refractivity contribution >= 4 is 17.5 Å². The lowest BCUT2D eigenvalue weighted by Crippen LogP contribution is -2.37. The van der Waals surface area contributed by atoms with Gasteiger partial charge in [-0.05, 0) is 55.7 Å². The third-order valence-electron chi connectivity index (χ3n) is 4.91. The lowest BCUT2D eigenvalue weighted by atomic mass is 9.99. The molecule has 1 N–H and O–H groups in total. The van der Waals surface area contributed by atoms with Gasteiger partial charge in [0.25, 0.3) is 5.91 Å². The fourth-order valence-corrected chi connectivity index (χ4v) is 3.57. The van der Waals surface area contributed by atoms with E-state index in [9.17, 15) is 9.59 Å². The SMILES string of the molecule is COc1ccc(OCCCN2C(=O)C(NC(C)=O)c3c(C)ccc(C)c32)cc1. The number of anilines is 1. The van der Waals surface area contributed by atoms with E-state index >= 15 is 0 Å². The van der Waals surface area contributed by atoms with Crippen LogP contribution in [0, 0.1) is 13.8 Å². The third-order valence-corrected chi connectivity index (χ3v) is 4.91. The molecular weight excluding hydrogens is 356 g/mol. The van der Waals surface area contributed by atoms with Crippen LogP contribution in [0.1, 0.15) is 36.1 Å². The summed E-state index contributed by atoms with van der Waals surface area (Å²) in [7, 11) is 1.62. The summed E-state index contributed by atoms with van der Waals surface area (Å²) in [5.74, 6) is 1.24. The van der Waals surface area contributed by atoms with Crippen molar-refractivity contribution in [1.82, 2.24) is 5.32 Å². The van der Waals surface area contributed by atoms with Crippen molar-refractivity contribution < 1.29 is 19.1 Å². The number of carbonyl (C=O) groups is 2. The second kappa shape index (κ2) is 8.33. The highest BCUT2D eigenvalue weighted by molar-refractivity contribution is 6.07. The van der Waals surface area contributed by atoms with Crippen molar-refractivity contribution in [2.45, 2.75) is 33.2 Å². The van der Waals surface area contributed by atoms with Gasteiger partial charge in [0.2, 0.25) is 5.91 Å². The van der Waals surface area contributed by atoms with E-state index in [-0.39, 0.29) is 11.8 Å². The number of amides is 2. The topological polar surface area (TPSA) is 67.9 Å². The number of hydrogen-bond acceptors (Lipinski definition) is 4. The Hall–Kier alpha value is -3.02. The molecule has 0 saturated heterocycles. The zero-order valence-electron chi connectivity index (χ0n) is 16.7. The zero-order valence-corrected chi connectivity index (χ0v) is 16.7. The average Bonchev–Trinajstić information content (AvgIpc) is 2.95. The van der Waals surface area contributed by atoms with Crippen LogP contribution >= 0.6 is 0 Å². The van der Waals surface area contributed by atoms with Crippen LogP contribution in [0.15, 0.2) is 36.4 Å². The first-order valence-electron chi connectivity index (χ1n) is 9.37. The number of nitrogens with zero attached hydrogens (tertiary/aromatic N) is 1. The number of rotatable bonds is 7. The van der Waals surface area contributed by atoms with Crippen LogP contribution in [0.5, 0.6) is 11.5 Å². The Morgan fingerprint density at radius 2 is 1.71 bits per heavy atom. The van der Waals surface area contributed by atoms with Crippen molar-refractivity contribution in [3.05, 3.63) is 53.1 Å². The van der Waals surface area contributed by atoms with Crippen molar-refractivity contribution in [2.75, 3.05) is 25.2 Å². The zero-order chi connectivity index (χ0) is 20.3. The molecule has 0 spiro atoms. The van der Waals surface area contributed by atoms with E-state index in [0.717, 1.165) is 33.9 Å². The van der Waals surface area contributed by atoms with Crippen LogP contribution in [0.3, 0.4) is 0 Å². The second-order valence-corrected chi connectivity index (χ2v) is 6.96. The molecule has 1 unspecified atom stereocenters. The van der Waals surface area contributed by atoms with E-state index in [4.69, 9.17) is 9.47 Å². The minimum Gasteiger partial charge on any atom is -0.497 e. The molecule has 6 nitrogen and oxygen atoms in total. The van der Waals surface area contributed by atoms with Crippen LogP contribution in [0.25, 0.3) is 0 Å². The van der Waals surface area contributed by atoms with Crippen molar-refractivity contribution in [2.24, 2.45) is 0 Å². The summed E-state index contributed by atoms with van der Waals surface area (Å²) < 4.78 is 10.9. The van der Waals surface area contributed by atoms with E-state index in [1.54, 1.807) is 12.0 Å². The summed E-state index contributed by atoms with van der Waals surface area (Å²) >= 11 is 0. The molecular formula is C22H26N2O4. The van der Waals surface area contributed by atoms with Crippen LogP contribution in [-0.2, 0) is 9.59 Å². The Morgan fingerprint density at radius 1 is 1.07 bits per heavy atom. The highest BCUT2D eigenvalue weighted by Gasteiger charge is 2.39. The Morgan fingerprint density at radius 3 is 2.36 bits per heavy atom. The number of nitrogens with one attached hydrogen (secondary N) is 1. The predicted molar refractivity (Wildman–Crippen MR) is 108 cm³/mol. The van der Waals surface area contributed by atoms with E-state index in [0.29, 0.717) is 19.6 Å². The van der Waals surface area contributed by atoms with Crippen LogP contribution in [0.4, 0.5) is 5.69 Å². The number of benzene rings is 2. The standard InChI is InChI=1S/C22H26N2O4/c1-14-6-7-15(2)21-19(14)20(23-16(3)25)22(26)24(21)12-5-13-28-18-10-8-17(27-4)9-11-18/h6-11,20H,5,12-13H2,1-4H3,(H,23,25). The molecule has 3 rings (SSSR count). The van der Waals surface area contributed by atoms with Gasteiger partial charge >= 0.3 is 0 Å². The molecule has 28 heavy (non-hydrogen) atoms. The van der Waals surface area contributed by atoms with Gasteiger partial charge in [0.05, 0.1) is 19.4 Å². The molecule has 2 aromatic carbocycles. The maximum Gasteiger partial charge on any atom is 0.254 e. The molecule has 2 amide bonds. The molecule has 1 aliphatic heterocycles. The van der Waals surface area contributed by atoms with Gasteiger partial charge in [-0.25, -0.2) is 0 Å². The van der Waals surface area contributed by atoms with Crippen LogP contribution in [-0.4, -0.2) is 32.1 Å². The van der Waals surface area contributed by atoms with Gasteiger partial charge in [-0.1, -0.05) is 12.1 Å². The summed E-state index contributed by atoms with van der Waals surface area (Å²) in [5.41, 5.74) is 3.84. The van der Waals surface area contributed by atoms with E-state index in [1.807, 2.05) is 50.2 Å². The van der Waals surface area contributed by atoms with Gasteiger partial charge in [0, 0.05) is 19.0 Å². The average molecular weight is 382 g/mol. The molecule has 1 aliphatic rings. The molecule has 0 aromatic heterocycles. The number of carbonyl (C=O) groups excluding carboxylic acids is 2. The molecule has 6 heteroatoms. The first kappa shape index (κ1) is 19.7. The number of methoxy groups -OCH3 is 1. The normalized spacial score (nSPS) is 15.4. The molecule has 0 aliphatic carbocycles. The first-order chi connectivity index (χ1) is 13.4. The minimum absolute atomic E-state index is 0.0907. The van der Waals surface area contributed by atoms with Gasteiger partial charge in [-0.3, -0.25) is 9.59 Å². The molecule has 1 atom stereocenters. The summed E-state index contributed by atoms with van der Waals surface area (Å²) in [4.78, 5) is 26.4. The van der Waals surface area contributed by atoms with Gasteiger partial charge in [0.15, 0.2) is 0 Å². The van der Waals surface area contributed by atoms with Crippen molar-refractivity contribution in [3.8, 4) is 11.5 Å². The predicted octanol–water partition coefficient (Wildman–Crippen LogP) is 3.30. The maximum absolute atomic E-state index is 13.0. The molecule has 1 heterocycles. The highest BCUT2D eigenvalue weighted by Crippen LogP contribution is 2.40. The van der Waals surface area contributed by atoms with Gasteiger partial charge < -0.3 is 19.7 Å². The number of aryl methyl sites for hydroxylation is 2. The second-order valence-electron chi connectivity index (χ2n) is 6.96. The minimum atomic E-state index is -0.616. The van der Waals surface area contributed by atoms with Crippen LogP contribution < -0.4 is 19.7 Å². The Balaban J connectivity index is 1.69. The van der Waals surface area contributed by atoms with Crippen LogP contribution in [0.2, 0.25) is 0 Å². The molecule has 0 fully saturated rings. The van der Waals surface area contributed by atoms with Crippen molar-refractivity contribution in [1.29, 1.82) is 0 Å². The Bertz CT molecular complexity index is 877. The van der Waals surface area contributed by atoms with E-state index in [2.05, 4.69) is 5.32 Å². The van der Waals surface area contributed by atoms with Gasteiger partial charge in [-0.15, -0.1) is 0 Å². The Labute approximate surface area is 165 Å². The van der Waals surface area contributed by atoms with E-state index < -0.39 is 6.04 Å². The Kier molecular flexibility index (Phi) is 5.87. The summed E-state index contributed by atoms with van der Waals surface area (Å²) in [6.45, 7) is 6.41. The fraction of sp³-hybridized carbons (Fsp3) is 0.364. The van der Waals surface area contributed by atoms with Crippen molar-refractivity contribution in [3.63, 3.8) is 0 Å². The molecule has 0 saturated carbocycles. The fourth-order valence-electron chi connectivity index (χ4n) is 3.57. The lowest BCUT2D eigenvalue weighted by molar-refractivity contribution is -0.126. The summed E-state index contributed by atoms with van der Waals surface area (Å²) in [5, 5.41) is 2.80. The smallest absolute Gasteiger partial charge is 0.254 e. The summed E-state index contributed by atoms with van der Waals surface area (Å²) in [6, 6.07) is 10.8. The number of fused-ring (bicyclic) bond motifs is 1. The molecule has 148 valence electrons.